The van der Waals surface area contributed by atoms with Crippen molar-refractivity contribution in [2.75, 3.05) is 5.32 Å². The minimum absolute atomic E-state index is 0.0409. The van der Waals surface area contributed by atoms with Gasteiger partial charge in [0.05, 0.1) is 18.6 Å². The number of hydrogen-bond acceptors (Lipinski definition) is 3. The molecule has 0 radical (unpaired) electrons. The van der Waals surface area contributed by atoms with E-state index >= 15 is 0 Å². The molecular formula is C15H13F3N4O3. The zero-order valence-electron chi connectivity index (χ0n) is 13.0. The van der Waals surface area contributed by atoms with Gasteiger partial charge in [0, 0.05) is 30.4 Å². The van der Waals surface area contributed by atoms with E-state index in [9.17, 15) is 22.8 Å². The highest BCUT2D eigenvalue weighted by molar-refractivity contribution is 5.90. The van der Waals surface area contributed by atoms with E-state index in [1.54, 1.807) is 11.5 Å². The summed E-state index contributed by atoms with van der Waals surface area (Å²) in [5.74, 6) is -5.69. The third kappa shape index (κ3) is 3.02. The summed E-state index contributed by atoms with van der Waals surface area (Å²) >= 11 is 0. The highest BCUT2D eigenvalue weighted by Crippen LogP contribution is 2.23. The molecule has 0 saturated heterocycles. The maximum Gasteiger partial charge on any atom is 0.356 e. The number of carbonyl (C=O) groups excluding carboxylic acids is 1. The number of carboxylic acid groups (broad SMARTS) is 1. The van der Waals surface area contributed by atoms with Crippen LogP contribution in [0.2, 0.25) is 0 Å². The molecule has 0 aliphatic carbocycles. The number of hydrogen-bond donors (Lipinski definition) is 2. The molecule has 25 heavy (non-hydrogen) atoms. The summed E-state index contributed by atoms with van der Waals surface area (Å²) in [6.45, 7) is 2.00. The Morgan fingerprint density at radius 3 is 2.52 bits per heavy atom. The minimum atomic E-state index is -1.63. The molecule has 2 heterocycles. The Labute approximate surface area is 139 Å². The van der Waals surface area contributed by atoms with Gasteiger partial charge in [-0.3, -0.25) is 0 Å². The predicted octanol–water partition coefficient (Wildman–Crippen LogP) is 2.43. The topological polar surface area (TPSA) is 87.5 Å². The third-order valence-corrected chi connectivity index (χ3v) is 3.96. The van der Waals surface area contributed by atoms with Crippen LogP contribution in [-0.2, 0) is 13.1 Å². The first-order valence-electron chi connectivity index (χ1n) is 7.27. The van der Waals surface area contributed by atoms with Gasteiger partial charge >= 0.3 is 12.0 Å². The molecule has 2 amide bonds. The van der Waals surface area contributed by atoms with Crippen LogP contribution < -0.4 is 5.32 Å². The van der Waals surface area contributed by atoms with Crippen LogP contribution >= 0.6 is 0 Å². The number of aromatic carboxylic acids is 1. The zero-order valence-corrected chi connectivity index (χ0v) is 13.0. The molecule has 132 valence electrons. The van der Waals surface area contributed by atoms with Gasteiger partial charge in [-0.2, -0.15) is 0 Å². The van der Waals surface area contributed by atoms with Gasteiger partial charge < -0.3 is 19.9 Å². The molecule has 0 saturated carbocycles. The fourth-order valence-electron chi connectivity index (χ4n) is 2.70. The van der Waals surface area contributed by atoms with E-state index in [0.717, 1.165) is 0 Å². The van der Waals surface area contributed by atoms with Crippen molar-refractivity contribution in [3.05, 3.63) is 47.3 Å². The summed E-state index contributed by atoms with van der Waals surface area (Å²) in [6, 6.07) is 0.315. The highest BCUT2D eigenvalue weighted by Gasteiger charge is 2.31. The summed E-state index contributed by atoms with van der Waals surface area (Å²) < 4.78 is 41.1. The molecule has 0 fully saturated rings. The molecule has 10 heteroatoms. The second-order valence-corrected chi connectivity index (χ2v) is 5.66. The standard InChI is InChI=1S/C15H13F3N4O3/c1-7-4-21-6-19-13(14(23)24)11(21)5-22(7)15(25)20-8-2-9(16)12(18)10(17)3-8/h2-3,6-7H,4-5H2,1H3,(H,20,25)(H,23,24). The molecule has 1 atom stereocenters. The van der Waals surface area contributed by atoms with Crippen LogP contribution in [-0.4, -0.2) is 37.6 Å². The zero-order chi connectivity index (χ0) is 18.3. The number of imidazole rings is 1. The van der Waals surface area contributed by atoms with Gasteiger partial charge in [0.2, 0.25) is 0 Å². The molecule has 2 N–H and O–H groups in total. The average molecular weight is 354 g/mol. The maximum atomic E-state index is 13.2. The van der Waals surface area contributed by atoms with E-state index in [0.29, 0.717) is 24.4 Å². The lowest BCUT2D eigenvalue weighted by molar-refractivity contribution is 0.0686. The van der Waals surface area contributed by atoms with E-state index < -0.39 is 29.5 Å². The maximum absolute atomic E-state index is 13.2. The largest absolute Gasteiger partial charge is 0.476 e. The lowest BCUT2D eigenvalue weighted by Crippen LogP contribution is -2.46. The molecule has 3 rings (SSSR count). The number of amides is 2. The molecule has 1 aromatic carbocycles. The quantitative estimate of drug-likeness (QED) is 0.811. The molecule has 7 nitrogen and oxygen atoms in total. The van der Waals surface area contributed by atoms with Gasteiger partial charge in [0.15, 0.2) is 23.1 Å². The number of fused-ring (bicyclic) bond motifs is 1. The monoisotopic (exact) mass is 354 g/mol. The van der Waals surface area contributed by atoms with Gasteiger partial charge in [-0.1, -0.05) is 0 Å². The van der Waals surface area contributed by atoms with Gasteiger partial charge in [-0.15, -0.1) is 0 Å². The normalized spacial score (nSPS) is 16.5. The first-order valence-corrected chi connectivity index (χ1v) is 7.27. The fourth-order valence-corrected chi connectivity index (χ4v) is 2.70. The van der Waals surface area contributed by atoms with Crippen molar-refractivity contribution < 1.29 is 27.9 Å². The van der Waals surface area contributed by atoms with Crippen molar-refractivity contribution in [2.45, 2.75) is 26.1 Å². The van der Waals surface area contributed by atoms with Crippen LogP contribution in [0, 0.1) is 17.5 Å². The molecular weight excluding hydrogens is 341 g/mol. The number of aromatic nitrogens is 2. The first kappa shape index (κ1) is 16.8. The van der Waals surface area contributed by atoms with E-state index in [1.165, 1.54) is 11.2 Å². The minimum Gasteiger partial charge on any atom is -0.476 e. The number of rotatable bonds is 2. The van der Waals surface area contributed by atoms with E-state index in [1.807, 2.05) is 0 Å². The Kier molecular flexibility index (Phi) is 4.11. The highest BCUT2D eigenvalue weighted by atomic mass is 19.2. The first-order chi connectivity index (χ1) is 11.8. The molecule has 1 aliphatic rings. The average Bonchev–Trinajstić information content (AvgIpc) is 2.94. The Hall–Kier alpha value is -3.04. The number of benzene rings is 1. The molecule has 0 spiro atoms. The van der Waals surface area contributed by atoms with Crippen molar-refractivity contribution in [3.63, 3.8) is 0 Å². The van der Waals surface area contributed by atoms with Crippen LogP contribution in [0.5, 0.6) is 0 Å². The Bertz CT molecular complexity index is 845. The molecule has 2 aromatic rings. The summed E-state index contributed by atoms with van der Waals surface area (Å²) in [6.07, 6.45) is 1.38. The second-order valence-electron chi connectivity index (χ2n) is 5.66. The van der Waals surface area contributed by atoms with Crippen LogP contribution in [0.3, 0.4) is 0 Å². The summed E-state index contributed by atoms with van der Waals surface area (Å²) in [5.41, 5.74) is -0.0630. The molecule has 1 unspecified atom stereocenters. The molecule has 1 aromatic heterocycles. The molecule has 0 bridgehead atoms. The van der Waals surface area contributed by atoms with Crippen LogP contribution in [0.25, 0.3) is 0 Å². The number of halogens is 3. The number of nitrogens with one attached hydrogen (secondary N) is 1. The number of carboxylic acids is 1. The van der Waals surface area contributed by atoms with Crippen molar-refractivity contribution in [1.29, 1.82) is 0 Å². The Morgan fingerprint density at radius 2 is 1.92 bits per heavy atom. The second kappa shape index (κ2) is 6.11. The van der Waals surface area contributed by atoms with Crippen molar-refractivity contribution >= 4 is 17.7 Å². The van der Waals surface area contributed by atoms with Gasteiger partial charge in [-0.05, 0) is 6.92 Å². The van der Waals surface area contributed by atoms with Crippen LogP contribution in [0.4, 0.5) is 23.7 Å². The Balaban J connectivity index is 1.83. The van der Waals surface area contributed by atoms with E-state index in [-0.39, 0.29) is 24.0 Å². The van der Waals surface area contributed by atoms with Crippen molar-refractivity contribution in [1.82, 2.24) is 14.5 Å². The van der Waals surface area contributed by atoms with Crippen molar-refractivity contribution in [3.8, 4) is 0 Å². The van der Waals surface area contributed by atoms with Gasteiger partial charge in [0.1, 0.15) is 0 Å². The van der Waals surface area contributed by atoms with E-state index in [4.69, 9.17) is 5.11 Å². The Morgan fingerprint density at radius 1 is 1.28 bits per heavy atom. The van der Waals surface area contributed by atoms with Crippen LogP contribution in [0.15, 0.2) is 18.5 Å². The third-order valence-electron chi connectivity index (χ3n) is 3.96. The van der Waals surface area contributed by atoms with Gasteiger partial charge in [-0.25, -0.2) is 27.7 Å². The smallest absolute Gasteiger partial charge is 0.356 e. The number of nitrogens with zero attached hydrogens (tertiary/aromatic N) is 3. The van der Waals surface area contributed by atoms with E-state index in [2.05, 4.69) is 10.3 Å². The predicted molar refractivity (Wildman–Crippen MR) is 79.5 cm³/mol. The SMILES string of the molecule is CC1Cn2cnc(C(=O)O)c2CN1C(=O)Nc1cc(F)c(F)c(F)c1. The summed E-state index contributed by atoms with van der Waals surface area (Å²) in [7, 11) is 0. The summed E-state index contributed by atoms with van der Waals surface area (Å²) in [5, 5.41) is 11.4. The lowest BCUT2D eigenvalue weighted by atomic mass is 10.1. The lowest BCUT2D eigenvalue weighted by Gasteiger charge is -2.34. The van der Waals surface area contributed by atoms with Gasteiger partial charge in [0.25, 0.3) is 0 Å². The number of urea groups is 1. The number of anilines is 1. The fraction of sp³-hybridized carbons (Fsp3) is 0.267. The van der Waals surface area contributed by atoms with Crippen molar-refractivity contribution in [2.24, 2.45) is 0 Å². The summed E-state index contributed by atoms with van der Waals surface area (Å²) in [4.78, 5) is 28.7. The van der Waals surface area contributed by atoms with Crippen LogP contribution in [0.1, 0.15) is 23.1 Å². The number of carbonyl (C=O) groups is 2. The molecule has 1 aliphatic heterocycles.